The van der Waals surface area contributed by atoms with Crippen molar-refractivity contribution in [1.82, 2.24) is 14.5 Å². The van der Waals surface area contributed by atoms with Gasteiger partial charge in [0.2, 0.25) is 0 Å². The number of rotatable bonds is 8. The summed E-state index contributed by atoms with van der Waals surface area (Å²) in [7, 11) is 4.36. The summed E-state index contributed by atoms with van der Waals surface area (Å²) in [6.45, 7) is 5.52. The van der Waals surface area contributed by atoms with Crippen LogP contribution in [0.4, 0.5) is 10.1 Å². The third kappa shape index (κ3) is 5.89. The Labute approximate surface area is 248 Å². The fourth-order valence-corrected chi connectivity index (χ4v) is 5.52. The third-order valence-electron chi connectivity index (χ3n) is 8.08. The molecule has 0 saturated carbocycles. The summed E-state index contributed by atoms with van der Waals surface area (Å²) < 4.78 is 28.6. The molecule has 2 N–H and O–H groups in total. The number of aryl methyl sites for hydroxylation is 1. The standard InChI is InChI=1S/C33H35FN4O5/c1-19-23(21-14-28(34)26(30(15-21)42-5)16-35-22-12-13-43-18-22)8-6-9-24(19)25-10-7-11-29(20(25)2)36-31(39)27-17-37(3)33(41)38(4)32(27)40/h6-11,14-15,17,22,35H,12-13,16,18H2,1-5H3,(H,36,39)/t22-/m1/s1. The first-order valence-electron chi connectivity index (χ1n) is 14.1. The minimum atomic E-state index is -0.671. The number of hydrogen-bond acceptors (Lipinski definition) is 6. The highest BCUT2D eigenvalue weighted by atomic mass is 19.1. The van der Waals surface area contributed by atoms with E-state index in [1.54, 1.807) is 6.07 Å². The number of nitrogens with zero attached hydrogens (tertiary/aromatic N) is 2. The van der Waals surface area contributed by atoms with Crippen molar-refractivity contribution in [2.24, 2.45) is 14.1 Å². The van der Waals surface area contributed by atoms with Crippen molar-refractivity contribution in [3.63, 3.8) is 0 Å². The zero-order valence-corrected chi connectivity index (χ0v) is 24.9. The van der Waals surface area contributed by atoms with Gasteiger partial charge in [0, 0.05) is 50.7 Å². The number of halogens is 1. The van der Waals surface area contributed by atoms with Crippen molar-refractivity contribution in [3.8, 4) is 28.0 Å². The molecular formula is C33H35FN4O5. The van der Waals surface area contributed by atoms with E-state index in [0.29, 0.717) is 42.3 Å². The van der Waals surface area contributed by atoms with Crippen LogP contribution in [0.2, 0.25) is 0 Å². The van der Waals surface area contributed by atoms with E-state index in [1.807, 2.05) is 50.2 Å². The van der Waals surface area contributed by atoms with Crippen LogP contribution in [-0.2, 0) is 25.4 Å². The number of carbonyl (C=O) groups excluding carboxylic acids is 1. The van der Waals surface area contributed by atoms with Gasteiger partial charge in [-0.15, -0.1) is 0 Å². The predicted octanol–water partition coefficient (Wildman–Crippen LogP) is 4.31. The number of methoxy groups -OCH3 is 1. The van der Waals surface area contributed by atoms with Crippen LogP contribution in [0.25, 0.3) is 22.3 Å². The van der Waals surface area contributed by atoms with Gasteiger partial charge in [0.1, 0.15) is 17.1 Å². The van der Waals surface area contributed by atoms with Crippen LogP contribution in [0.3, 0.4) is 0 Å². The lowest BCUT2D eigenvalue weighted by Crippen LogP contribution is -2.40. The van der Waals surface area contributed by atoms with E-state index in [-0.39, 0.29) is 17.4 Å². The van der Waals surface area contributed by atoms with E-state index in [1.165, 1.54) is 38.0 Å². The van der Waals surface area contributed by atoms with Crippen molar-refractivity contribution >= 4 is 11.6 Å². The van der Waals surface area contributed by atoms with Crippen LogP contribution in [-0.4, -0.2) is 41.4 Å². The molecule has 0 radical (unpaired) electrons. The van der Waals surface area contributed by atoms with E-state index < -0.39 is 17.2 Å². The fourth-order valence-electron chi connectivity index (χ4n) is 5.52. The Morgan fingerprint density at radius 3 is 2.44 bits per heavy atom. The monoisotopic (exact) mass is 586 g/mol. The number of amides is 1. The number of carbonyl (C=O) groups is 1. The summed E-state index contributed by atoms with van der Waals surface area (Å²) in [6.07, 6.45) is 2.13. The predicted molar refractivity (Wildman–Crippen MR) is 164 cm³/mol. The number of anilines is 1. The molecule has 1 amide bonds. The van der Waals surface area contributed by atoms with Crippen molar-refractivity contribution in [2.75, 3.05) is 25.6 Å². The molecule has 10 heteroatoms. The van der Waals surface area contributed by atoms with E-state index >= 15 is 4.39 Å². The molecule has 0 aliphatic carbocycles. The number of aromatic nitrogens is 2. The molecule has 2 heterocycles. The second-order valence-electron chi connectivity index (χ2n) is 10.8. The first-order valence-corrected chi connectivity index (χ1v) is 14.1. The second kappa shape index (κ2) is 12.4. The Morgan fingerprint density at radius 2 is 1.74 bits per heavy atom. The Hall–Kier alpha value is -4.54. The Bertz CT molecular complexity index is 1820. The van der Waals surface area contributed by atoms with Crippen molar-refractivity contribution in [3.05, 3.63) is 104 Å². The van der Waals surface area contributed by atoms with Gasteiger partial charge in [0.05, 0.1) is 13.7 Å². The van der Waals surface area contributed by atoms with Crippen LogP contribution in [0.1, 0.15) is 33.5 Å². The van der Waals surface area contributed by atoms with E-state index in [9.17, 15) is 14.4 Å². The molecule has 1 aliphatic rings. The number of hydrogen-bond donors (Lipinski definition) is 2. The Balaban J connectivity index is 1.47. The zero-order valence-electron chi connectivity index (χ0n) is 24.9. The summed E-state index contributed by atoms with van der Waals surface area (Å²) in [4.78, 5) is 37.7. The molecule has 224 valence electrons. The van der Waals surface area contributed by atoms with Gasteiger partial charge in [0.25, 0.3) is 11.5 Å². The van der Waals surface area contributed by atoms with Gasteiger partial charge in [-0.3, -0.25) is 14.2 Å². The van der Waals surface area contributed by atoms with Gasteiger partial charge in [-0.05, 0) is 71.8 Å². The summed E-state index contributed by atoms with van der Waals surface area (Å²) in [5.41, 5.74) is 4.71. The highest BCUT2D eigenvalue weighted by Gasteiger charge is 2.20. The lowest BCUT2D eigenvalue weighted by Gasteiger charge is -2.18. The summed E-state index contributed by atoms with van der Waals surface area (Å²) in [5.74, 6) is -0.493. The van der Waals surface area contributed by atoms with Gasteiger partial charge < -0.3 is 24.7 Å². The van der Waals surface area contributed by atoms with Gasteiger partial charge in [-0.25, -0.2) is 9.18 Å². The smallest absolute Gasteiger partial charge is 0.330 e. The quantitative estimate of drug-likeness (QED) is 0.319. The number of ether oxygens (including phenoxy) is 2. The van der Waals surface area contributed by atoms with E-state index in [0.717, 1.165) is 38.8 Å². The molecular weight excluding hydrogens is 551 g/mol. The number of benzene rings is 3. The average molecular weight is 587 g/mol. The maximum atomic E-state index is 15.5. The van der Waals surface area contributed by atoms with E-state index in [2.05, 4.69) is 10.6 Å². The van der Waals surface area contributed by atoms with Crippen LogP contribution in [0.15, 0.2) is 64.3 Å². The minimum absolute atomic E-state index is 0.140. The number of nitrogens with one attached hydrogen (secondary N) is 2. The highest BCUT2D eigenvalue weighted by Crippen LogP contribution is 2.37. The largest absolute Gasteiger partial charge is 0.496 e. The van der Waals surface area contributed by atoms with Crippen LogP contribution in [0.5, 0.6) is 5.75 Å². The molecule has 5 rings (SSSR count). The molecule has 1 fully saturated rings. The normalized spacial score (nSPS) is 14.6. The van der Waals surface area contributed by atoms with Gasteiger partial charge in [-0.2, -0.15) is 0 Å². The molecule has 0 unspecified atom stereocenters. The summed E-state index contributed by atoms with van der Waals surface area (Å²) in [6, 6.07) is 14.9. The molecule has 9 nitrogen and oxygen atoms in total. The molecule has 0 bridgehead atoms. The lowest BCUT2D eigenvalue weighted by molar-refractivity contribution is 0.102. The van der Waals surface area contributed by atoms with Crippen molar-refractivity contribution < 1.29 is 18.7 Å². The molecule has 43 heavy (non-hydrogen) atoms. The maximum Gasteiger partial charge on any atom is 0.330 e. The zero-order chi connectivity index (χ0) is 30.8. The molecule has 1 saturated heterocycles. The molecule has 1 aliphatic heterocycles. The third-order valence-corrected chi connectivity index (χ3v) is 8.08. The molecule has 1 aromatic heterocycles. The molecule has 1 atom stereocenters. The SMILES string of the molecule is COc1cc(-c2cccc(-c3cccc(NC(=O)c4cn(C)c(=O)n(C)c4=O)c3C)c2C)cc(F)c1CN[C@@H]1CCOC1. The van der Waals surface area contributed by atoms with Crippen molar-refractivity contribution in [2.45, 2.75) is 32.9 Å². The molecule has 4 aromatic rings. The van der Waals surface area contributed by atoms with Crippen LogP contribution >= 0.6 is 0 Å². The topological polar surface area (TPSA) is 104 Å². The summed E-state index contributed by atoms with van der Waals surface area (Å²) in [5, 5.41) is 6.18. The fraction of sp³-hybridized carbons (Fsp3) is 0.303. The molecule has 0 spiro atoms. The maximum absolute atomic E-state index is 15.5. The van der Waals surface area contributed by atoms with Crippen LogP contribution in [0, 0.1) is 19.7 Å². The first-order chi connectivity index (χ1) is 20.6. The second-order valence-corrected chi connectivity index (χ2v) is 10.8. The van der Waals surface area contributed by atoms with E-state index in [4.69, 9.17) is 9.47 Å². The lowest BCUT2D eigenvalue weighted by atomic mass is 9.90. The Kier molecular flexibility index (Phi) is 8.61. The summed E-state index contributed by atoms with van der Waals surface area (Å²) >= 11 is 0. The minimum Gasteiger partial charge on any atom is -0.496 e. The highest BCUT2D eigenvalue weighted by molar-refractivity contribution is 6.04. The van der Waals surface area contributed by atoms with Crippen molar-refractivity contribution in [1.29, 1.82) is 0 Å². The average Bonchev–Trinajstić information content (AvgIpc) is 3.52. The first kappa shape index (κ1) is 29.9. The van der Waals surface area contributed by atoms with Gasteiger partial charge >= 0.3 is 5.69 Å². The van der Waals surface area contributed by atoms with Gasteiger partial charge in [0.15, 0.2) is 0 Å². The molecule has 3 aromatic carbocycles. The van der Waals surface area contributed by atoms with Crippen LogP contribution < -0.4 is 26.6 Å². The Morgan fingerprint density at radius 1 is 1.05 bits per heavy atom. The van der Waals surface area contributed by atoms with Gasteiger partial charge in [-0.1, -0.05) is 30.3 Å².